The maximum Gasteiger partial charge on any atom is 0.401 e. The Bertz CT molecular complexity index is 293. The molecule has 1 aromatic rings. The van der Waals surface area contributed by atoms with Crippen LogP contribution in [0, 0.1) is 0 Å². The third-order valence-corrected chi connectivity index (χ3v) is 1.87. The molecule has 0 saturated carbocycles. The van der Waals surface area contributed by atoms with E-state index in [1.807, 2.05) is 6.92 Å². The van der Waals surface area contributed by atoms with E-state index in [4.69, 9.17) is 0 Å². The fraction of sp³-hybridized carbons (Fsp3) is 0.667. The van der Waals surface area contributed by atoms with E-state index in [1.54, 1.807) is 16.9 Å². The summed E-state index contributed by atoms with van der Waals surface area (Å²) >= 11 is 0. The van der Waals surface area contributed by atoms with Crippen LogP contribution in [0.25, 0.3) is 0 Å². The molecule has 0 unspecified atom stereocenters. The van der Waals surface area contributed by atoms with Crippen LogP contribution < -0.4 is 5.32 Å². The molecule has 0 radical (unpaired) electrons. The lowest BCUT2D eigenvalue weighted by Crippen LogP contribution is -2.29. The summed E-state index contributed by atoms with van der Waals surface area (Å²) in [5.74, 6) is 0. The molecule has 1 rings (SSSR count). The topological polar surface area (TPSA) is 29.9 Å². The minimum atomic E-state index is -4.16. The number of aryl methyl sites for hydroxylation is 1. The van der Waals surface area contributed by atoms with Crippen LogP contribution in [0.2, 0.25) is 0 Å². The predicted molar refractivity (Wildman–Crippen MR) is 50.3 cm³/mol. The zero-order chi connectivity index (χ0) is 11.3. The van der Waals surface area contributed by atoms with Crippen LogP contribution in [0.5, 0.6) is 0 Å². The van der Waals surface area contributed by atoms with E-state index in [0.717, 1.165) is 18.7 Å². The van der Waals surface area contributed by atoms with Gasteiger partial charge < -0.3 is 5.32 Å². The van der Waals surface area contributed by atoms with Gasteiger partial charge in [-0.2, -0.15) is 18.3 Å². The van der Waals surface area contributed by atoms with E-state index in [0.29, 0.717) is 0 Å². The number of hydrogen-bond donors (Lipinski definition) is 1. The lowest BCUT2D eigenvalue weighted by molar-refractivity contribution is -0.125. The number of rotatable bonds is 5. The molecule has 0 saturated heterocycles. The Hall–Kier alpha value is -1.04. The normalized spacial score (nSPS) is 12.0. The summed E-state index contributed by atoms with van der Waals surface area (Å²) in [5.41, 5.74) is 0.779. The van der Waals surface area contributed by atoms with Gasteiger partial charge in [-0.25, -0.2) is 0 Å². The summed E-state index contributed by atoms with van der Waals surface area (Å²) in [6.07, 6.45) is -1.65. The van der Waals surface area contributed by atoms with E-state index >= 15 is 0 Å². The van der Waals surface area contributed by atoms with Gasteiger partial charge in [0, 0.05) is 19.3 Å². The molecular weight excluding hydrogens is 207 g/mol. The van der Waals surface area contributed by atoms with Crippen LogP contribution >= 0.6 is 0 Å². The second-order valence-corrected chi connectivity index (χ2v) is 3.26. The first-order valence-corrected chi connectivity index (χ1v) is 4.81. The Balaban J connectivity index is 2.40. The summed E-state index contributed by atoms with van der Waals surface area (Å²) in [7, 11) is 0. The summed E-state index contributed by atoms with van der Waals surface area (Å²) in [6, 6.07) is 1.72. The maximum absolute atomic E-state index is 11.8. The van der Waals surface area contributed by atoms with Crippen LogP contribution in [0.15, 0.2) is 12.3 Å². The van der Waals surface area contributed by atoms with Crippen molar-refractivity contribution in [1.29, 1.82) is 0 Å². The Morgan fingerprint density at radius 2 is 2.20 bits per heavy atom. The van der Waals surface area contributed by atoms with Gasteiger partial charge in [-0.1, -0.05) is 6.92 Å². The van der Waals surface area contributed by atoms with Crippen LogP contribution in [0.1, 0.15) is 19.0 Å². The third kappa shape index (κ3) is 4.33. The van der Waals surface area contributed by atoms with Gasteiger partial charge >= 0.3 is 6.18 Å². The summed E-state index contributed by atoms with van der Waals surface area (Å²) in [5, 5.41) is 6.36. The highest BCUT2D eigenvalue weighted by Gasteiger charge is 2.26. The molecule has 1 aromatic heterocycles. The van der Waals surface area contributed by atoms with Crippen molar-refractivity contribution in [2.24, 2.45) is 0 Å². The molecule has 0 amide bonds. The predicted octanol–water partition coefficient (Wildman–Crippen LogP) is 1.95. The first-order chi connectivity index (χ1) is 7.03. The number of hydrogen-bond acceptors (Lipinski definition) is 2. The van der Waals surface area contributed by atoms with Gasteiger partial charge in [-0.15, -0.1) is 0 Å². The minimum Gasteiger partial charge on any atom is -0.303 e. The maximum atomic E-state index is 11.8. The van der Waals surface area contributed by atoms with E-state index in [9.17, 15) is 13.2 Å². The average Bonchev–Trinajstić information content (AvgIpc) is 2.51. The zero-order valence-electron chi connectivity index (χ0n) is 8.51. The lowest BCUT2D eigenvalue weighted by Gasteiger charge is -2.09. The highest BCUT2D eigenvalue weighted by molar-refractivity contribution is 4.99. The van der Waals surface area contributed by atoms with Crippen molar-refractivity contribution >= 4 is 0 Å². The molecule has 0 bridgehead atoms. The van der Waals surface area contributed by atoms with Crippen molar-refractivity contribution in [2.45, 2.75) is 32.6 Å². The van der Waals surface area contributed by atoms with Crippen LogP contribution in [0.4, 0.5) is 13.2 Å². The lowest BCUT2D eigenvalue weighted by atomic mass is 10.4. The molecule has 1 heterocycles. The number of halogens is 3. The molecule has 6 heteroatoms. The van der Waals surface area contributed by atoms with Crippen molar-refractivity contribution in [2.75, 3.05) is 6.54 Å². The number of nitrogens with zero attached hydrogens (tertiary/aromatic N) is 2. The molecule has 0 aliphatic rings. The fourth-order valence-corrected chi connectivity index (χ4v) is 1.26. The Kier molecular flexibility index (Phi) is 4.14. The number of nitrogens with one attached hydrogen (secondary N) is 1. The highest BCUT2D eigenvalue weighted by Crippen LogP contribution is 2.12. The van der Waals surface area contributed by atoms with Crippen molar-refractivity contribution in [3.05, 3.63) is 18.0 Å². The Morgan fingerprint density at radius 3 is 2.80 bits per heavy atom. The zero-order valence-corrected chi connectivity index (χ0v) is 8.51. The van der Waals surface area contributed by atoms with Gasteiger partial charge in [0.2, 0.25) is 0 Å². The molecule has 1 N–H and O–H groups in total. The first kappa shape index (κ1) is 12.0. The van der Waals surface area contributed by atoms with Crippen LogP contribution in [-0.4, -0.2) is 22.5 Å². The molecule has 0 aliphatic carbocycles. The molecule has 0 spiro atoms. The fourth-order valence-electron chi connectivity index (χ4n) is 1.26. The molecule has 15 heavy (non-hydrogen) atoms. The molecule has 0 aromatic carbocycles. The smallest absolute Gasteiger partial charge is 0.303 e. The van der Waals surface area contributed by atoms with E-state index in [2.05, 4.69) is 10.4 Å². The molecule has 0 fully saturated rings. The standard InChI is InChI=1S/C9H14F3N3/c1-2-5-15-8(3-4-14-15)6-13-7-9(10,11)12/h3-4,13H,2,5-7H2,1H3. The monoisotopic (exact) mass is 221 g/mol. The second-order valence-electron chi connectivity index (χ2n) is 3.26. The molecule has 3 nitrogen and oxygen atoms in total. The van der Waals surface area contributed by atoms with Gasteiger partial charge in [0.15, 0.2) is 0 Å². The SMILES string of the molecule is CCCn1nccc1CNCC(F)(F)F. The number of alkyl halides is 3. The van der Waals surface area contributed by atoms with Gasteiger partial charge in [0.05, 0.1) is 12.2 Å². The van der Waals surface area contributed by atoms with E-state index < -0.39 is 12.7 Å². The average molecular weight is 221 g/mol. The largest absolute Gasteiger partial charge is 0.401 e. The Labute approximate surface area is 86.3 Å². The highest BCUT2D eigenvalue weighted by atomic mass is 19.4. The van der Waals surface area contributed by atoms with Gasteiger partial charge in [-0.05, 0) is 12.5 Å². The molecule has 0 aliphatic heterocycles. The van der Waals surface area contributed by atoms with E-state index in [1.165, 1.54) is 0 Å². The van der Waals surface area contributed by atoms with Crippen LogP contribution in [-0.2, 0) is 13.1 Å². The minimum absolute atomic E-state index is 0.194. The molecule has 86 valence electrons. The summed E-state index contributed by atoms with van der Waals surface area (Å²) in [4.78, 5) is 0. The first-order valence-electron chi connectivity index (χ1n) is 4.81. The van der Waals surface area contributed by atoms with E-state index in [-0.39, 0.29) is 6.54 Å². The van der Waals surface area contributed by atoms with Gasteiger partial charge in [0.25, 0.3) is 0 Å². The van der Waals surface area contributed by atoms with Crippen LogP contribution in [0.3, 0.4) is 0 Å². The van der Waals surface area contributed by atoms with Crippen molar-refractivity contribution in [3.8, 4) is 0 Å². The quantitative estimate of drug-likeness (QED) is 0.823. The Morgan fingerprint density at radius 1 is 1.47 bits per heavy atom. The van der Waals surface area contributed by atoms with Crippen molar-refractivity contribution in [3.63, 3.8) is 0 Å². The number of aromatic nitrogens is 2. The van der Waals surface area contributed by atoms with Gasteiger partial charge in [0.1, 0.15) is 0 Å². The van der Waals surface area contributed by atoms with Crippen molar-refractivity contribution in [1.82, 2.24) is 15.1 Å². The third-order valence-electron chi connectivity index (χ3n) is 1.87. The second kappa shape index (κ2) is 5.16. The van der Waals surface area contributed by atoms with Crippen molar-refractivity contribution < 1.29 is 13.2 Å². The molecule has 0 atom stereocenters. The van der Waals surface area contributed by atoms with Gasteiger partial charge in [-0.3, -0.25) is 4.68 Å². The summed E-state index contributed by atoms with van der Waals surface area (Å²) in [6.45, 7) is 1.95. The summed E-state index contributed by atoms with van der Waals surface area (Å²) < 4.78 is 37.3. The molecular formula is C9H14F3N3.